The minimum atomic E-state index is -0.594. The number of hydrogen-bond donors (Lipinski definition) is 0. The van der Waals surface area contributed by atoms with E-state index in [-0.39, 0.29) is 11.7 Å². The zero-order chi connectivity index (χ0) is 22.8. The Labute approximate surface area is 189 Å². The number of thiazole rings is 1. The molecule has 0 bridgehead atoms. The van der Waals surface area contributed by atoms with Crippen LogP contribution in [-0.4, -0.2) is 23.8 Å². The van der Waals surface area contributed by atoms with E-state index in [4.69, 9.17) is 9.47 Å². The van der Waals surface area contributed by atoms with Gasteiger partial charge < -0.3 is 9.47 Å². The molecule has 2 heterocycles. The number of benzene rings is 2. The van der Waals surface area contributed by atoms with Gasteiger partial charge in [0.25, 0.3) is 5.56 Å². The summed E-state index contributed by atoms with van der Waals surface area (Å²) >= 11 is 1.31. The summed E-state index contributed by atoms with van der Waals surface area (Å²) in [6, 6.07) is 16.5. The maximum atomic E-state index is 13.5. The van der Waals surface area contributed by atoms with Gasteiger partial charge in [0.1, 0.15) is 5.75 Å². The summed E-state index contributed by atoms with van der Waals surface area (Å²) in [5.41, 5.74) is 2.43. The van der Waals surface area contributed by atoms with E-state index in [9.17, 15) is 9.59 Å². The number of esters is 1. The number of aromatic nitrogens is 1. The third-order valence-electron chi connectivity index (χ3n) is 5.09. The minimum absolute atomic E-state index is 0.0924. The van der Waals surface area contributed by atoms with Gasteiger partial charge in [-0.2, -0.15) is 0 Å². The molecule has 0 fully saturated rings. The molecule has 1 aliphatic heterocycles. The third-order valence-corrected chi connectivity index (χ3v) is 6.07. The SMILES string of the molecule is COC(=O)C1=C(C)N=c2sc(=Cc3ccc(OC(C)C)cc3)c(=O)n2[C@@H]1c1ccccc1. The largest absolute Gasteiger partial charge is 0.491 e. The molecule has 0 aliphatic carbocycles. The van der Waals surface area contributed by atoms with Gasteiger partial charge in [0.15, 0.2) is 4.80 Å². The number of allylic oxidation sites excluding steroid dienone is 1. The van der Waals surface area contributed by atoms with Gasteiger partial charge in [-0.25, -0.2) is 9.79 Å². The first-order valence-electron chi connectivity index (χ1n) is 10.3. The van der Waals surface area contributed by atoms with E-state index in [0.717, 1.165) is 16.9 Å². The van der Waals surface area contributed by atoms with E-state index in [0.29, 0.717) is 20.6 Å². The summed E-state index contributed by atoms with van der Waals surface area (Å²) in [5.74, 6) is 0.288. The van der Waals surface area contributed by atoms with Crippen LogP contribution in [0.1, 0.15) is 37.9 Å². The highest BCUT2D eigenvalue weighted by molar-refractivity contribution is 7.07. The van der Waals surface area contributed by atoms with Crippen LogP contribution in [0.4, 0.5) is 0 Å². The van der Waals surface area contributed by atoms with Crippen molar-refractivity contribution in [3.05, 3.63) is 96.7 Å². The molecule has 0 spiro atoms. The van der Waals surface area contributed by atoms with Gasteiger partial charge in [0.05, 0.1) is 35.1 Å². The van der Waals surface area contributed by atoms with Crippen LogP contribution in [0, 0.1) is 0 Å². The number of methoxy groups -OCH3 is 1. The van der Waals surface area contributed by atoms with Gasteiger partial charge in [-0.3, -0.25) is 9.36 Å². The number of hydrogen-bond acceptors (Lipinski definition) is 6. The van der Waals surface area contributed by atoms with Crippen molar-refractivity contribution in [1.82, 2.24) is 4.57 Å². The van der Waals surface area contributed by atoms with Crippen molar-refractivity contribution in [1.29, 1.82) is 0 Å². The lowest BCUT2D eigenvalue weighted by atomic mass is 9.96. The maximum absolute atomic E-state index is 13.5. The molecule has 164 valence electrons. The normalized spacial score (nSPS) is 16.0. The zero-order valence-corrected chi connectivity index (χ0v) is 19.2. The lowest BCUT2D eigenvalue weighted by molar-refractivity contribution is -0.136. The molecular formula is C25H24N2O4S. The number of fused-ring (bicyclic) bond motifs is 1. The van der Waals surface area contributed by atoms with Crippen molar-refractivity contribution in [2.75, 3.05) is 7.11 Å². The molecular weight excluding hydrogens is 424 g/mol. The molecule has 0 saturated heterocycles. The fourth-order valence-electron chi connectivity index (χ4n) is 3.71. The molecule has 1 aliphatic rings. The Bertz CT molecular complexity index is 1350. The quantitative estimate of drug-likeness (QED) is 0.562. The highest BCUT2D eigenvalue weighted by Crippen LogP contribution is 2.30. The molecule has 1 aromatic heterocycles. The minimum Gasteiger partial charge on any atom is -0.491 e. The fourth-order valence-corrected chi connectivity index (χ4v) is 4.76. The fraction of sp³-hybridized carbons (Fsp3) is 0.240. The van der Waals surface area contributed by atoms with Gasteiger partial charge in [0.2, 0.25) is 0 Å². The molecule has 0 N–H and O–H groups in total. The topological polar surface area (TPSA) is 69.9 Å². The van der Waals surface area contributed by atoms with Crippen molar-refractivity contribution < 1.29 is 14.3 Å². The van der Waals surface area contributed by atoms with Gasteiger partial charge in [-0.1, -0.05) is 53.8 Å². The molecule has 0 radical (unpaired) electrons. The average Bonchev–Trinajstić information content (AvgIpc) is 3.08. The van der Waals surface area contributed by atoms with Crippen molar-refractivity contribution >= 4 is 23.4 Å². The Morgan fingerprint density at radius 2 is 1.81 bits per heavy atom. The smallest absolute Gasteiger partial charge is 0.338 e. The standard InChI is InChI=1S/C25H24N2O4S/c1-15(2)31-19-12-10-17(11-13-19)14-20-23(28)27-22(18-8-6-5-7-9-18)21(24(29)30-4)16(3)26-25(27)32-20/h5-15,22H,1-4H3/t22-/m1/s1. The number of ether oxygens (including phenoxy) is 2. The van der Waals surface area contributed by atoms with Crippen LogP contribution in [-0.2, 0) is 9.53 Å². The van der Waals surface area contributed by atoms with E-state index >= 15 is 0 Å². The van der Waals surface area contributed by atoms with Crippen molar-refractivity contribution in [2.45, 2.75) is 32.9 Å². The molecule has 3 aromatic rings. The lowest BCUT2D eigenvalue weighted by Crippen LogP contribution is -2.39. The molecule has 6 nitrogen and oxygen atoms in total. The van der Waals surface area contributed by atoms with Gasteiger partial charge in [-0.05, 0) is 50.1 Å². The van der Waals surface area contributed by atoms with Gasteiger partial charge in [-0.15, -0.1) is 0 Å². The second-order valence-electron chi connectivity index (χ2n) is 7.72. The van der Waals surface area contributed by atoms with Gasteiger partial charge in [0, 0.05) is 0 Å². The molecule has 7 heteroatoms. The lowest BCUT2D eigenvalue weighted by Gasteiger charge is -2.24. The first-order valence-corrected chi connectivity index (χ1v) is 11.1. The molecule has 0 unspecified atom stereocenters. The zero-order valence-electron chi connectivity index (χ0n) is 18.4. The predicted octanol–water partition coefficient (Wildman–Crippen LogP) is 3.20. The van der Waals surface area contributed by atoms with Crippen LogP contribution in [0.2, 0.25) is 0 Å². The van der Waals surface area contributed by atoms with Crippen molar-refractivity contribution in [2.24, 2.45) is 4.99 Å². The first-order chi connectivity index (χ1) is 15.4. The summed E-state index contributed by atoms with van der Waals surface area (Å²) in [5, 5.41) is 0. The Hall–Kier alpha value is -3.45. The summed E-state index contributed by atoms with van der Waals surface area (Å²) in [4.78, 5) is 31.2. The molecule has 4 rings (SSSR count). The maximum Gasteiger partial charge on any atom is 0.338 e. The molecule has 0 amide bonds. The highest BCUT2D eigenvalue weighted by atomic mass is 32.1. The second kappa shape index (κ2) is 8.96. The van der Waals surface area contributed by atoms with Gasteiger partial charge >= 0.3 is 5.97 Å². The van der Waals surface area contributed by atoms with Crippen molar-refractivity contribution in [3.63, 3.8) is 0 Å². The monoisotopic (exact) mass is 448 g/mol. The van der Waals surface area contributed by atoms with E-state index in [1.165, 1.54) is 18.4 Å². The Morgan fingerprint density at radius 3 is 2.44 bits per heavy atom. The van der Waals surface area contributed by atoms with Crippen LogP contribution in [0.3, 0.4) is 0 Å². The third kappa shape index (κ3) is 4.16. The molecule has 2 aromatic carbocycles. The van der Waals surface area contributed by atoms with E-state index < -0.39 is 12.0 Å². The van der Waals surface area contributed by atoms with Crippen LogP contribution in [0.5, 0.6) is 5.75 Å². The van der Waals surface area contributed by atoms with Crippen LogP contribution < -0.4 is 19.6 Å². The molecule has 0 saturated carbocycles. The van der Waals surface area contributed by atoms with E-state index in [2.05, 4.69) is 4.99 Å². The van der Waals surface area contributed by atoms with E-state index in [1.807, 2.05) is 74.5 Å². The predicted molar refractivity (Wildman–Crippen MR) is 124 cm³/mol. The van der Waals surface area contributed by atoms with Crippen molar-refractivity contribution in [3.8, 4) is 5.75 Å². The number of carbonyl (C=O) groups is 1. The number of carbonyl (C=O) groups excluding carboxylic acids is 1. The highest BCUT2D eigenvalue weighted by Gasteiger charge is 2.32. The Balaban J connectivity index is 1.85. The number of nitrogens with zero attached hydrogens (tertiary/aromatic N) is 2. The Kier molecular flexibility index (Phi) is 6.10. The Morgan fingerprint density at radius 1 is 1.12 bits per heavy atom. The summed E-state index contributed by atoms with van der Waals surface area (Å²) < 4.78 is 12.8. The van der Waals surface area contributed by atoms with Crippen LogP contribution in [0.25, 0.3) is 6.08 Å². The number of rotatable bonds is 5. The summed E-state index contributed by atoms with van der Waals surface area (Å²) in [7, 11) is 1.34. The average molecular weight is 449 g/mol. The first kappa shape index (κ1) is 21.8. The molecule has 32 heavy (non-hydrogen) atoms. The van der Waals surface area contributed by atoms with Crippen LogP contribution in [0.15, 0.2) is 75.7 Å². The van der Waals surface area contributed by atoms with E-state index in [1.54, 1.807) is 11.5 Å². The summed E-state index contributed by atoms with van der Waals surface area (Å²) in [6.45, 7) is 5.72. The summed E-state index contributed by atoms with van der Waals surface area (Å²) in [6.07, 6.45) is 1.93. The molecule has 1 atom stereocenters. The second-order valence-corrected chi connectivity index (χ2v) is 8.73. The van der Waals surface area contributed by atoms with Crippen LogP contribution >= 0.6 is 11.3 Å².